The molecule has 0 aromatic heterocycles. The van der Waals surface area contributed by atoms with Gasteiger partial charge in [0.05, 0.1) is 6.21 Å². The molecule has 24 heavy (non-hydrogen) atoms. The number of para-hydroxylation sites is 1. The molecule has 0 radical (unpaired) electrons. The van der Waals surface area contributed by atoms with Crippen molar-refractivity contribution in [2.75, 3.05) is 6.61 Å². The van der Waals surface area contributed by atoms with Crippen LogP contribution in [0.1, 0.15) is 37.3 Å². The number of carbonyl (C=O) groups is 1. The van der Waals surface area contributed by atoms with E-state index < -0.39 is 0 Å². The zero-order valence-corrected chi connectivity index (χ0v) is 13.9. The Balaban J connectivity index is 1.86. The maximum absolute atomic E-state index is 11.8. The Morgan fingerprint density at radius 2 is 1.96 bits per heavy atom. The number of rotatable bonds is 7. The summed E-state index contributed by atoms with van der Waals surface area (Å²) < 4.78 is 5.62. The average Bonchev–Trinajstić information content (AvgIpc) is 2.61. The van der Waals surface area contributed by atoms with Gasteiger partial charge in [0.25, 0.3) is 5.91 Å². The van der Waals surface area contributed by atoms with E-state index in [2.05, 4.69) is 24.4 Å². The van der Waals surface area contributed by atoms with Crippen LogP contribution in [0.25, 0.3) is 0 Å². The van der Waals surface area contributed by atoms with Gasteiger partial charge in [-0.15, -0.1) is 0 Å². The maximum Gasteiger partial charge on any atom is 0.277 e. The number of benzene rings is 2. The van der Waals surface area contributed by atoms with Crippen molar-refractivity contribution in [2.24, 2.45) is 5.10 Å². The highest BCUT2D eigenvalue weighted by atomic mass is 16.5. The quantitative estimate of drug-likeness (QED) is 0.605. The van der Waals surface area contributed by atoms with Crippen LogP contribution in [0.5, 0.6) is 11.5 Å². The van der Waals surface area contributed by atoms with Gasteiger partial charge < -0.3 is 9.84 Å². The van der Waals surface area contributed by atoms with E-state index >= 15 is 0 Å². The SMILES string of the molecule is CCC(C)c1ccccc1OCC(=O)NN=Cc1ccc(O)cc1. The van der Waals surface area contributed by atoms with Crippen LogP contribution in [-0.2, 0) is 4.79 Å². The predicted octanol–water partition coefficient (Wildman–Crippen LogP) is 3.43. The maximum atomic E-state index is 11.8. The summed E-state index contributed by atoms with van der Waals surface area (Å²) in [6.45, 7) is 4.15. The summed E-state index contributed by atoms with van der Waals surface area (Å²) in [5.41, 5.74) is 4.29. The second-order valence-electron chi connectivity index (χ2n) is 5.52. The van der Waals surface area contributed by atoms with Gasteiger partial charge in [0.15, 0.2) is 6.61 Å². The number of hydrazone groups is 1. The third-order valence-corrected chi connectivity index (χ3v) is 3.72. The fourth-order valence-electron chi connectivity index (χ4n) is 2.15. The summed E-state index contributed by atoms with van der Waals surface area (Å²) in [4.78, 5) is 11.8. The highest BCUT2D eigenvalue weighted by Gasteiger charge is 2.10. The molecule has 0 bridgehead atoms. The molecule has 2 aromatic carbocycles. The van der Waals surface area contributed by atoms with Crippen LogP contribution in [0.4, 0.5) is 0 Å². The fraction of sp³-hybridized carbons (Fsp3) is 0.263. The van der Waals surface area contributed by atoms with E-state index in [1.807, 2.05) is 24.3 Å². The van der Waals surface area contributed by atoms with Crippen molar-refractivity contribution < 1.29 is 14.6 Å². The first-order valence-electron chi connectivity index (χ1n) is 7.92. The minimum absolute atomic E-state index is 0.0969. The molecule has 2 N–H and O–H groups in total. The number of hydrogen-bond donors (Lipinski definition) is 2. The van der Waals surface area contributed by atoms with E-state index in [1.165, 1.54) is 6.21 Å². The zero-order chi connectivity index (χ0) is 17.4. The minimum Gasteiger partial charge on any atom is -0.508 e. The van der Waals surface area contributed by atoms with Crippen LogP contribution in [0.3, 0.4) is 0 Å². The van der Waals surface area contributed by atoms with Crippen LogP contribution >= 0.6 is 0 Å². The molecular weight excluding hydrogens is 304 g/mol. The Bertz CT molecular complexity index is 696. The van der Waals surface area contributed by atoms with Gasteiger partial charge in [0.1, 0.15) is 11.5 Å². The van der Waals surface area contributed by atoms with Gasteiger partial charge in [0, 0.05) is 0 Å². The van der Waals surface area contributed by atoms with Crippen molar-refractivity contribution in [3.8, 4) is 11.5 Å². The van der Waals surface area contributed by atoms with Crippen molar-refractivity contribution in [3.63, 3.8) is 0 Å². The molecular formula is C19H22N2O3. The first-order chi connectivity index (χ1) is 11.6. The molecule has 5 nitrogen and oxygen atoms in total. The second kappa shape index (κ2) is 8.72. The number of phenols is 1. The van der Waals surface area contributed by atoms with Crippen LogP contribution in [0, 0.1) is 0 Å². The lowest BCUT2D eigenvalue weighted by Gasteiger charge is -2.15. The average molecular weight is 326 g/mol. The number of phenolic OH excluding ortho intramolecular Hbond substituents is 1. The summed E-state index contributed by atoms with van der Waals surface area (Å²) in [5.74, 6) is 0.954. The van der Waals surface area contributed by atoms with Crippen LogP contribution in [0.15, 0.2) is 53.6 Å². The summed E-state index contributed by atoms with van der Waals surface area (Å²) in [5, 5.41) is 13.1. The lowest BCUT2D eigenvalue weighted by Crippen LogP contribution is -2.24. The summed E-state index contributed by atoms with van der Waals surface area (Å²) in [6, 6.07) is 14.3. The molecule has 0 aliphatic carbocycles. The Morgan fingerprint density at radius 3 is 2.67 bits per heavy atom. The van der Waals surface area contributed by atoms with Gasteiger partial charge in [-0.3, -0.25) is 4.79 Å². The topological polar surface area (TPSA) is 70.9 Å². The smallest absolute Gasteiger partial charge is 0.277 e. The molecule has 126 valence electrons. The van der Waals surface area contributed by atoms with Gasteiger partial charge in [-0.2, -0.15) is 5.10 Å². The van der Waals surface area contributed by atoms with Crippen LogP contribution < -0.4 is 10.2 Å². The molecule has 1 unspecified atom stereocenters. The monoisotopic (exact) mass is 326 g/mol. The molecule has 0 fully saturated rings. The highest BCUT2D eigenvalue weighted by Crippen LogP contribution is 2.28. The number of ether oxygens (including phenoxy) is 1. The zero-order valence-electron chi connectivity index (χ0n) is 13.9. The van der Waals surface area contributed by atoms with E-state index in [1.54, 1.807) is 24.3 Å². The molecule has 1 atom stereocenters. The molecule has 0 aliphatic rings. The third kappa shape index (κ3) is 5.12. The summed E-state index contributed by atoms with van der Waals surface area (Å²) in [7, 11) is 0. The number of carbonyl (C=O) groups excluding carboxylic acids is 1. The van der Waals surface area contributed by atoms with Crippen molar-refractivity contribution in [2.45, 2.75) is 26.2 Å². The van der Waals surface area contributed by atoms with Gasteiger partial charge in [0.2, 0.25) is 0 Å². The van der Waals surface area contributed by atoms with Gasteiger partial charge >= 0.3 is 0 Å². The summed E-state index contributed by atoms with van der Waals surface area (Å²) >= 11 is 0. The van der Waals surface area contributed by atoms with Gasteiger partial charge in [-0.25, -0.2) is 5.43 Å². The molecule has 0 saturated carbocycles. The van der Waals surface area contributed by atoms with Crippen LogP contribution in [0.2, 0.25) is 0 Å². The van der Waals surface area contributed by atoms with Gasteiger partial charge in [-0.1, -0.05) is 32.0 Å². The van der Waals surface area contributed by atoms with E-state index in [9.17, 15) is 9.90 Å². The predicted molar refractivity (Wildman–Crippen MR) is 94.5 cm³/mol. The lowest BCUT2D eigenvalue weighted by atomic mass is 9.98. The van der Waals surface area contributed by atoms with E-state index in [0.29, 0.717) is 5.92 Å². The van der Waals surface area contributed by atoms with Crippen LogP contribution in [-0.4, -0.2) is 23.8 Å². The first kappa shape index (κ1) is 17.5. The number of nitrogens with one attached hydrogen (secondary N) is 1. The van der Waals surface area contributed by atoms with Gasteiger partial charge in [-0.05, 0) is 53.8 Å². The third-order valence-electron chi connectivity index (χ3n) is 3.72. The molecule has 0 aliphatic heterocycles. The first-order valence-corrected chi connectivity index (χ1v) is 7.92. The number of aromatic hydroxyl groups is 1. The Kier molecular flexibility index (Phi) is 6.37. The largest absolute Gasteiger partial charge is 0.508 e. The highest BCUT2D eigenvalue weighted by molar-refractivity contribution is 5.83. The normalized spacial score (nSPS) is 12.1. The number of amides is 1. The molecule has 1 amide bonds. The fourth-order valence-corrected chi connectivity index (χ4v) is 2.15. The Hall–Kier alpha value is -2.82. The molecule has 0 saturated heterocycles. The van der Waals surface area contributed by atoms with Crippen molar-refractivity contribution in [1.82, 2.24) is 5.43 Å². The molecule has 2 rings (SSSR count). The molecule has 2 aromatic rings. The lowest BCUT2D eigenvalue weighted by molar-refractivity contribution is -0.123. The summed E-state index contributed by atoms with van der Waals surface area (Å²) in [6.07, 6.45) is 2.51. The molecule has 0 spiro atoms. The molecule has 0 heterocycles. The number of hydrogen-bond acceptors (Lipinski definition) is 4. The second-order valence-corrected chi connectivity index (χ2v) is 5.52. The Labute approximate surface area is 142 Å². The standard InChI is InChI=1S/C19H22N2O3/c1-3-14(2)17-6-4-5-7-18(17)24-13-19(23)21-20-12-15-8-10-16(22)11-9-15/h4-12,14,22H,3,13H2,1-2H3,(H,21,23). The van der Waals surface area contributed by atoms with Crippen molar-refractivity contribution in [1.29, 1.82) is 0 Å². The minimum atomic E-state index is -0.330. The van der Waals surface area contributed by atoms with Crippen molar-refractivity contribution in [3.05, 3.63) is 59.7 Å². The van der Waals surface area contributed by atoms with Crippen molar-refractivity contribution >= 4 is 12.1 Å². The van der Waals surface area contributed by atoms with E-state index in [4.69, 9.17) is 4.74 Å². The van der Waals surface area contributed by atoms with E-state index in [-0.39, 0.29) is 18.3 Å². The molecule has 5 heteroatoms. The number of nitrogens with zero attached hydrogens (tertiary/aromatic N) is 1. The Morgan fingerprint density at radius 1 is 1.25 bits per heavy atom. The van der Waals surface area contributed by atoms with E-state index in [0.717, 1.165) is 23.3 Å².